The average molecular weight is 330 g/mol. The second-order valence-corrected chi connectivity index (χ2v) is 7.52. The molecule has 2 aromatic rings. The molecule has 1 saturated heterocycles. The van der Waals surface area contributed by atoms with Gasteiger partial charge in [-0.05, 0) is 66.2 Å². The largest absolute Gasteiger partial charge is 0.334 e. The lowest BCUT2D eigenvalue weighted by atomic mass is 9.93. The first-order chi connectivity index (χ1) is 11.3. The van der Waals surface area contributed by atoms with Gasteiger partial charge in [0.15, 0.2) is 0 Å². The molecule has 1 amide bonds. The van der Waals surface area contributed by atoms with Crippen molar-refractivity contribution in [3.8, 4) is 0 Å². The lowest BCUT2D eigenvalue weighted by molar-refractivity contribution is -0.132. The van der Waals surface area contributed by atoms with Crippen LogP contribution in [0.3, 0.4) is 0 Å². The van der Waals surface area contributed by atoms with Crippen molar-refractivity contribution in [2.24, 2.45) is 5.41 Å². The van der Waals surface area contributed by atoms with Crippen molar-refractivity contribution in [1.29, 1.82) is 0 Å². The van der Waals surface area contributed by atoms with Crippen LogP contribution in [0.25, 0.3) is 0 Å². The van der Waals surface area contributed by atoms with Crippen molar-refractivity contribution in [1.82, 2.24) is 20.4 Å². The van der Waals surface area contributed by atoms with Gasteiger partial charge in [0.25, 0.3) is 0 Å². The molecule has 0 aromatic carbocycles. The maximum absolute atomic E-state index is 12.9. The smallest absolute Gasteiger partial charge is 0.229 e. The molecular formula is C17H22N4OS. The third-order valence-electron chi connectivity index (χ3n) is 5.28. The summed E-state index contributed by atoms with van der Waals surface area (Å²) in [6.45, 7) is 2.89. The molecule has 1 spiro atoms. The first-order valence-corrected chi connectivity index (χ1v) is 9.21. The minimum atomic E-state index is 0.209. The van der Waals surface area contributed by atoms with Crippen LogP contribution in [-0.2, 0) is 17.8 Å². The van der Waals surface area contributed by atoms with E-state index in [1.807, 2.05) is 6.07 Å². The summed E-state index contributed by atoms with van der Waals surface area (Å²) in [6.07, 6.45) is 5.66. The summed E-state index contributed by atoms with van der Waals surface area (Å²) in [5.41, 5.74) is 2.50. The molecular weight excluding hydrogens is 308 g/mol. The van der Waals surface area contributed by atoms with Crippen molar-refractivity contribution in [2.75, 3.05) is 13.1 Å². The van der Waals surface area contributed by atoms with Crippen LogP contribution in [0.2, 0.25) is 0 Å². The Bertz CT molecular complexity index is 646. The highest BCUT2D eigenvalue weighted by Gasteiger charge is 2.57. The molecule has 2 aromatic heterocycles. The van der Waals surface area contributed by atoms with E-state index in [0.29, 0.717) is 17.9 Å². The van der Waals surface area contributed by atoms with Gasteiger partial charge in [-0.2, -0.15) is 16.4 Å². The molecule has 23 heavy (non-hydrogen) atoms. The van der Waals surface area contributed by atoms with Gasteiger partial charge in [-0.25, -0.2) is 0 Å². The Morgan fingerprint density at radius 3 is 2.96 bits per heavy atom. The van der Waals surface area contributed by atoms with E-state index in [9.17, 15) is 4.79 Å². The Morgan fingerprint density at radius 2 is 2.26 bits per heavy atom. The van der Waals surface area contributed by atoms with Crippen LogP contribution in [0, 0.1) is 5.41 Å². The topological polar surface area (TPSA) is 61.0 Å². The molecule has 2 fully saturated rings. The van der Waals surface area contributed by atoms with Crippen LogP contribution in [-0.4, -0.2) is 40.1 Å². The van der Waals surface area contributed by atoms with E-state index in [-0.39, 0.29) is 5.91 Å². The van der Waals surface area contributed by atoms with Gasteiger partial charge in [0.05, 0.1) is 6.42 Å². The van der Waals surface area contributed by atoms with Gasteiger partial charge >= 0.3 is 0 Å². The number of aromatic amines is 1. The second-order valence-electron chi connectivity index (χ2n) is 6.74. The van der Waals surface area contributed by atoms with Gasteiger partial charge in [-0.3, -0.25) is 9.89 Å². The van der Waals surface area contributed by atoms with E-state index < -0.39 is 0 Å². The highest BCUT2D eigenvalue weighted by Crippen LogP contribution is 2.56. The fourth-order valence-electron chi connectivity index (χ4n) is 3.83. The van der Waals surface area contributed by atoms with Gasteiger partial charge in [-0.1, -0.05) is 0 Å². The average Bonchev–Trinajstić information content (AvgIpc) is 2.99. The van der Waals surface area contributed by atoms with Crippen molar-refractivity contribution in [3.63, 3.8) is 0 Å². The molecule has 1 saturated carbocycles. The minimum absolute atomic E-state index is 0.209. The number of nitrogens with zero attached hydrogens (tertiary/aromatic N) is 2. The normalized spacial score (nSPS) is 22.2. The van der Waals surface area contributed by atoms with Crippen LogP contribution in [0.15, 0.2) is 29.1 Å². The second kappa shape index (κ2) is 6.09. The van der Waals surface area contributed by atoms with Crippen LogP contribution >= 0.6 is 11.3 Å². The standard InChI is InChI=1S/C17H22N4OS/c22-16(9-14-1-5-19-20-14)21(11-13-2-8-23-12-13)15-10-17(15)3-6-18-7-4-17/h1-2,5,8,12,15,18H,3-4,6-7,9-11H2,(H,19,20). The first-order valence-electron chi connectivity index (χ1n) is 8.26. The zero-order valence-electron chi connectivity index (χ0n) is 13.1. The highest BCUT2D eigenvalue weighted by atomic mass is 32.1. The third kappa shape index (κ3) is 3.05. The molecule has 1 atom stereocenters. The number of nitrogens with one attached hydrogen (secondary N) is 2. The molecule has 3 heterocycles. The summed E-state index contributed by atoms with van der Waals surface area (Å²) in [4.78, 5) is 15.0. The highest BCUT2D eigenvalue weighted by molar-refractivity contribution is 7.07. The Labute approximate surface area is 140 Å². The van der Waals surface area contributed by atoms with E-state index in [0.717, 1.165) is 31.7 Å². The number of rotatable bonds is 5. The van der Waals surface area contributed by atoms with Crippen LogP contribution in [0.5, 0.6) is 0 Å². The maximum atomic E-state index is 12.9. The first kappa shape index (κ1) is 14.9. The van der Waals surface area contributed by atoms with Gasteiger partial charge < -0.3 is 10.2 Å². The fraction of sp³-hybridized carbons (Fsp3) is 0.529. The molecule has 4 rings (SSSR count). The number of aromatic nitrogens is 2. The Hall–Kier alpha value is -1.66. The summed E-state index contributed by atoms with van der Waals surface area (Å²) < 4.78 is 0. The van der Waals surface area contributed by atoms with Crippen molar-refractivity contribution in [2.45, 2.75) is 38.3 Å². The van der Waals surface area contributed by atoms with Gasteiger partial charge in [0.1, 0.15) is 0 Å². The lowest BCUT2D eigenvalue weighted by Crippen LogP contribution is -2.39. The number of piperidine rings is 1. The zero-order valence-corrected chi connectivity index (χ0v) is 13.9. The Morgan fingerprint density at radius 1 is 1.39 bits per heavy atom. The van der Waals surface area contributed by atoms with E-state index in [4.69, 9.17) is 0 Å². The van der Waals surface area contributed by atoms with Gasteiger partial charge in [0, 0.05) is 24.5 Å². The number of hydrogen-bond acceptors (Lipinski definition) is 4. The molecule has 0 radical (unpaired) electrons. The molecule has 1 aliphatic heterocycles. The molecule has 1 unspecified atom stereocenters. The summed E-state index contributed by atoms with van der Waals surface area (Å²) in [6, 6.07) is 4.41. The quantitative estimate of drug-likeness (QED) is 0.883. The fourth-order valence-corrected chi connectivity index (χ4v) is 4.49. The maximum Gasteiger partial charge on any atom is 0.229 e. The SMILES string of the molecule is O=C(Cc1ccn[nH]1)N(Cc1ccsc1)C1CC12CCNCC2. The molecule has 5 nitrogen and oxygen atoms in total. The number of H-pyrrole nitrogens is 1. The molecule has 6 heteroatoms. The monoisotopic (exact) mass is 330 g/mol. The molecule has 0 bridgehead atoms. The molecule has 2 aliphatic rings. The third-order valence-corrected chi connectivity index (χ3v) is 6.01. The predicted molar refractivity (Wildman–Crippen MR) is 90.1 cm³/mol. The number of thiophene rings is 1. The number of hydrogen-bond donors (Lipinski definition) is 2. The van der Waals surface area contributed by atoms with E-state index in [1.54, 1.807) is 17.5 Å². The Kier molecular flexibility index (Phi) is 3.95. The van der Waals surface area contributed by atoms with Crippen molar-refractivity contribution in [3.05, 3.63) is 40.3 Å². The minimum Gasteiger partial charge on any atom is -0.334 e. The molecule has 2 N–H and O–H groups in total. The van der Waals surface area contributed by atoms with E-state index >= 15 is 0 Å². The summed E-state index contributed by atoms with van der Waals surface area (Å²) in [7, 11) is 0. The lowest BCUT2D eigenvalue weighted by Gasteiger charge is -2.29. The number of carbonyl (C=O) groups excluding carboxylic acids is 1. The molecule has 122 valence electrons. The van der Waals surface area contributed by atoms with E-state index in [1.165, 1.54) is 18.4 Å². The Balaban J connectivity index is 1.51. The van der Waals surface area contributed by atoms with Crippen LogP contribution < -0.4 is 5.32 Å². The van der Waals surface area contributed by atoms with Crippen molar-refractivity contribution < 1.29 is 4.79 Å². The van der Waals surface area contributed by atoms with Gasteiger partial charge in [0.2, 0.25) is 5.91 Å². The van der Waals surface area contributed by atoms with E-state index in [2.05, 4.69) is 37.2 Å². The van der Waals surface area contributed by atoms with Crippen LogP contribution in [0.1, 0.15) is 30.5 Å². The summed E-state index contributed by atoms with van der Waals surface area (Å²) >= 11 is 1.69. The zero-order chi connectivity index (χ0) is 15.7. The molecule has 1 aliphatic carbocycles. The van der Waals surface area contributed by atoms with Gasteiger partial charge in [-0.15, -0.1) is 0 Å². The predicted octanol–water partition coefficient (Wildman–Crippen LogP) is 2.18. The number of carbonyl (C=O) groups is 1. The summed E-state index contributed by atoms with van der Waals surface area (Å²) in [5, 5.41) is 14.5. The van der Waals surface area contributed by atoms with Crippen LogP contribution in [0.4, 0.5) is 0 Å². The van der Waals surface area contributed by atoms with Crippen molar-refractivity contribution >= 4 is 17.2 Å². The summed E-state index contributed by atoms with van der Waals surface area (Å²) in [5.74, 6) is 0.209. The number of amides is 1.